The molecule has 1 aliphatic rings. The smallest absolute Gasteiger partial charge is 0.186 e. The highest BCUT2D eigenvalue weighted by atomic mass is 16.7. The van der Waals surface area contributed by atoms with Crippen LogP contribution >= 0.6 is 0 Å². The van der Waals surface area contributed by atoms with E-state index >= 15 is 0 Å². The molecule has 0 spiro atoms. The highest BCUT2D eigenvalue weighted by molar-refractivity contribution is 5.16. The van der Waals surface area contributed by atoms with Gasteiger partial charge >= 0.3 is 0 Å². The van der Waals surface area contributed by atoms with Crippen molar-refractivity contribution in [3.8, 4) is 0 Å². The predicted octanol–water partition coefficient (Wildman–Crippen LogP) is 7.40. The number of nitrogens with zero attached hydrogens (tertiary/aromatic N) is 3. The summed E-state index contributed by atoms with van der Waals surface area (Å²) >= 11 is 0. The average molecular weight is 624 g/mol. The first-order chi connectivity index (χ1) is 22.7. The van der Waals surface area contributed by atoms with Crippen LogP contribution < -0.4 is 0 Å². The first-order valence-electron chi connectivity index (χ1n) is 15.6. The molecule has 240 valence electrons. The van der Waals surface area contributed by atoms with Crippen LogP contribution in [0.15, 0.2) is 126 Å². The summed E-state index contributed by atoms with van der Waals surface area (Å²) in [6.45, 7) is 1.55. The molecule has 9 nitrogen and oxygen atoms in total. The van der Waals surface area contributed by atoms with Gasteiger partial charge in [-0.2, -0.15) is 0 Å². The Morgan fingerprint density at radius 1 is 0.630 bits per heavy atom. The maximum absolute atomic E-state index is 9.05. The minimum Gasteiger partial charge on any atom is -0.371 e. The van der Waals surface area contributed by atoms with E-state index in [4.69, 9.17) is 34.0 Å². The van der Waals surface area contributed by atoms with Crippen molar-refractivity contribution in [3.63, 3.8) is 0 Å². The molecular weight excluding hydrogens is 582 g/mol. The number of hydrogen-bond acceptors (Lipinski definition) is 7. The van der Waals surface area contributed by atoms with Crippen molar-refractivity contribution < 1.29 is 28.4 Å². The van der Waals surface area contributed by atoms with Gasteiger partial charge in [-0.3, -0.25) is 0 Å². The Bertz CT molecular complexity index is 1460. The molecule has 0 aromatic heterocycles. The molecule has 1 heterocycles. The molecule has 1 saturated heterocycles. The summed E-state index contributed by atoms with van der Waals surface area (Å²) in [7, 11) is 1.60. The fourth-order valence-electron chi connectivity index (χ4n) is 5.53. The lowest BCUT2D eigenvalue weighted by Crippen LogP contribution is -2.63. The number of hydrogen-bond donors (Lipinski definition) is 0. The highest BCUT2D eigenvalue weighted by Crippen LogP contribution is 2.34. The second-order valence-corrected chi connectivity index (χ2v) is 11.1. The molecular formula is C37H41N3O6. The van der Waals surface area contributed by atoms with Gasteiger partial charge in [0.05, 0.1) is 32.5 Å². The van der Waals surface area contributed by atoms with Gasteiger partial charge in [0.25, 0.3) is 0 Å². The van der Waals surface area contributed by atoms with Crippen molar-refractivity contribution in [2.75, 3.05) is 13.7 Å². The van der Waals surface area contributed by atoms with Gasteiger partial charge in [-0.15, -0.1) is 0 Å². The molecule has 0 saturated carbocycles. The Hall–Kier alpha value is -4.05. The molecule has 1 aliphatic heterocycles. The van der Waals surface area contributed by atoms with Crippen molar-refractivity contribution in [3.05, 3.63) is 154 Å². The van der Waals surface area contributed by atoms with Gasteiger partial charge in [0.15, 0.2) is 6.29 Å². The Morgan fingerprint density at radius 3 is 1.52 bits per heavy atom. The number of methoxy groups -OCH3 is 1. The van der Waals surface area contributed by atoms with Crippen LogP contribution in [0.25, 0.3) is 10.4 Å². The van der Waals surface area contributed by atoms with E-state index in [1.165, 1.54) is 0 Å². The molecule has 1 fully saturated rings. The fourth-order valence-corrected chi connectivity index (χ4v) is 5.53. The van der Waals surface area contributed by atoms with Gasteiger partial charge in [-0.05, 0) is 34.2 Å². The quantitative estimate of drug-likeness (QED) is 0.0690. The van der Waals surface area contributed by atoms with Crippen LogP contribution in [-0.4, -0.2) is 50.5 Å². The zero-order valence-corrected chi connectivity index (χ0v) is 26.0. The lowest BCUT2D eigenvalue weighted by atomic mass is 9.92. The first kappa shape index (κ1) is 33.3. The van der Waals surface area contributed by atoms with Gasteiger partial charge in [0, 0.05) is 18.6 Å². The van der Waals surface area contributed by atoms with E-state index < -0.39 is 36.8 Å². The van der Waals surface area contributed by atoms with E-state index in [-0.39, 0.29) is 6.54 Å². The number of ether oxygens (including phenoxy) is 6. The van der Waals surface area contributed by atoms with Crippen LogP contribution in [-0.2, 0) is 54.8 Å². The normalized spacial score (nSPS) is 21.7. The standard InChI is InChI=1S/C37H41N3O6/c1-41-37-36(45-27-31-20-12-5-13-21-31)35(44-26-30-18-10-4-11-19-30)34(43-25-29-16-8-3-9-17-29)33(46-37)32(22-23-39-40-38)42-24-28-14-6-2-7-15-28/h2-21,32-37H,22-27H2,1H3/t32-,33+,34+,35-,36+,37-/m0/s1. The summed E-state index contributed by atoms with van der Waals surface area (Å²) in [6, 6.07) is 39.9. The molecule has 4 aromatic rings. The molecule has 46 heavy (non-hydrogen) atoms. The summed E-state index contributed by atoms with van der Waals surface area (Å²) in [5, 5.41) is 3.81. The third kappa shape index (κ3) is 9.72. The maximum Gasteiger partial charge on any atom is 0.186 e. The van der Waals surface area contributed by atoms with Crippen LogP contribution in [0, 0.1) is 0 Å². The van der Waals surface area contributed by atoms with Crippen molar-refractivity contribution in [1.29, 1.82) is 0 Å². The Balaban J connectivity index is 1.48. The van der Waals surface area contributed by atoms with Gasteiger partial charge in [0.1, 0.15) is 24.4 Å². The monoisotopic (exact) mass is 623 g/mol. The number of azide groups is 1. The predicted molar refractivity (Wildman–Crippen MR) is 174 cm³/mol. The largest absolute Gasteiger partial charge is 0.371 e. The lowest BCUT2D eigenvalue weighted by molar-refractivity contribution is -0.332. The van der Waals surface area contributed by atoms with Gasteiger partial charge in [-0.25, -0.2) is 0 Å². The molecule has 0 unspecified atom stereocenters. The molecule has 0 radical (unpaired) electrons. The van der Waals surface area contributed by atoms with Gasteiger partial charge in [-0.1, -0.05) is 126 Å². The Kier molecular flexibility index (Phi) is 13.2. The van der Waals surface area contributed by atoms with Crippen LogP contribution in [0.5, 0.6) is 0 Å². The molecule has 0 bridgehead atoms. The van der Waals surface area contributed by atoms with E-state index in [2.05, 4.69) is 10.0 Å². The average Bonchev–Trinajstić information content (AvgIpc) is 3.12. The zero-order valence-electron chi connectivity index (χ0n) is 26.0. The Labute approximate surface area is 270 Å². The number of benzene rings is 4. The van der Waals surface area contributed by atoms with E-state index in [0.717, 1.165) is 22.3 Å². The SMILES string of the molecule is CO[C@H]1O[C@H]([C@H](CCN=[N+]=[N-])OCc2ccccc2)[C@@H](OCc2ccccc2)[C@H](OCc2ccccc2)[C@H]1OCc1ccccc1. The Morgan fingerprint density at radius 2 is 1.07 bits per heavy atom. The van der Waals surface area contributed by atoms with E-state index in [1.807, 2.05) is 121 Å². The van der Waals surface area contributed by atoms with Crippen LogP contribution in [0.1, 0.15) is 28.7 Å². The van der Waals surface area contributed by atoms with Gasteiger partial charge < -0.3 is 28.4 Å². The third-order valence-electron chi connectivity index (χ3n) is 7.87. The fraction of sp³-hybridized carbons (Fsp3) is 0.351. The molecule has 0 amide bonds. The van der Waals surface area contributed by atoms with E-state index in [9.17, 15) is 0 Å². The minimum absolute atomic E-state index is 0.225. The van der Waals surface area contributed by atoms with Crippen LogP contribution in [0.2, 0.25) is 0 Å². The second kappa shape index (κ2) is 18.2. The molecule has 6 atom stereocenters. The third-order valence-corrected chi connectivity index (χ3v) is 7.87. The summed E-state index contributed by atoms with van der Waals surface area (Å²) in [5.74, 6) is 0. The summed E-state index contributed by atoms with van der Waals surface area (Å²) in [5.41, 5.74) is 13.1. The van der Waals surface area contributed by atoms with Crippen LogP contribution in [0.4, 0.5) is 0 Å². The number of rotatable bonds is 17. The molecule has 0 N–H and O–H groups in total. The maximum atomic E-state index is 9.05. The molecule has 5 rings (SSSR count). The first-order valence-corrected chi connectivity index (χ1v) is 15.6. The molecule has 4 aromatic carbocycles. The summed E-state index contributed by atoms with van der Waals surface area (Å²) in [4.78, 5) is 2.97. The van der Waals surface area contributed by atoms with E-state index in [0.29, 0.717) is 32.8 Å². The zero-order chi connectivity index (χ0) is 31.8. The molecule has 0 aliphatic carbocycles. The summed E-state index contributed by atoms with van der Waals surface area (Å²) in [6.07, 6.45) is -3.37. The second-order valence-electron chi connectivity index (χ2n) is 11.1. The minimum atomic E-state index is -0.784. The van der Waals surface area contributed by atoms with Crippen molar-refractivity contribution >= 4 is 0 Å². The van der Waals surface area contributed by atoms with Crippen molar-refractivity contribution in [2.24, 2.45) is 5.11 Å². The van der Waals surface area contributed by atoms with Crippen molar-refractivity contribution in [1.82, 2.24) is 0 Å². The van der Waals surface area contributed by atoms with E-state index in [1.54, 1.807) is 7.11 Å². The molecule has 9 heteroatoms. The van der Waals surface area contributed by atoms with Crippen LogP contribution in [0.3, 0.4) is 0 Å². The topological polar surface area (TPSA) is 104 Å². The van der Waals surface area contributed by atoms with Gasteiger partial charge in [0.2, 0.25) is 0 Å². The van der Waals surface area contributed by atoms with Crippen molar-refractivity contribution in [2.45, 2.75) is 69.7 Å². The lowest BCUT2D eigenvalue weighted by Gasteiger charge is -2.47. The highest BCUT2D eigenvalue weighted by Gasteiger charge is 2.51. The summed E-state index contributed by atoms with van der Waals surface area (Å²) < 4.78 is 39.2.